The topological polar surface area (TPSA) is 44.5 Å². The summed E-state index contributed by atoms with van der Waals surface area (Å²) in [7, 11) is 3.09. The third-order valence-corrected chi connectivity index (χ3v) is 2.67. The van der Waals surface area contributed by atoms with E-state index in [2.05, 4.69) is 0 Å². The van der Waals surface area contributed by atoms with Gasteiger partial charge in [-0.15, -0.1) is 0 Å². The maximum atomic E-state index is 12.9. The van der Waals surface area contributed by atoms with Crippen molar-refractivity contribution in [2.75, 3.05) is 20.8 Å². The van der Waals surface area contributed by atoms with E-state index in [0.717, 1.165) is 5.56 Å². The SMILES string of the molecule is COc1cc(CF)c(C(C)CN)cc1OC. The van der Waals surface area contributed by atoms with Crippen molar-refractivity contribution in [3.05, 3.63) is 23.3 Å². The Labute approximate surface area is 95.4 Å². The Balaban J connectivity index is 3.25. The second-order valence-corrected chi connectivity index (χ2v) is 3.68. The summed E-state index contributed by atoms with van der Waals surface area (Å²) in [6, 6.07) is 3.46. The molecule has 3 nitrogen and oxygen atoms in total. The Morgan fingerprint density at radius 2 is 1.81 bits per heavy atom. The maximum absolute atomic E-state index is 12.9. The van der Waals surface area contributed by atoms with Crippen molar-refractivity contribution in [3.63, 3.8) is 0 Å². The van der Waals surface area contributed by atoms with Crippen molar-refractivity contribution in [2.45, 2.75) is 19.5 Å². The standard InChI is InChI=1S/C12H18FNO2/c1-8(7-14)10-5-12(16-3)11(15-2)4-9(10)6-13/h4-5,8H,6-7,14H2,1-3H3. The minimum absolute atomic E-state index is 0.102. The van der Waals surface area contributed by atoms with Crippen LogP contribution in [0, 0.1) is 0 Å². The summed E-state index contributed by atoms with van der Waals surface area (Å²) in [6.07, 6.45) is 0. The smallest absolute Gasteiger partial charge is 0.161 e. The third kappa shape index (κ3) is 2.44. The number of benzene rings is 1. The Hall–Kier alpha value is -1.29. The molecule has 4 heteroatoms. The van der Waals surface area contributed by atoms with Crippen LogP contribution in [0.25, 0.3) is 0 Å². The second kappa shape index (κ2) is 5.70. The third-order valence-electron chi connectivity index (χ3n) is 2.67. The molecule has 0 aliphatic carbocycles. The molecule has 0 radical (unpaired) electrons. The maximum Gasteiger partial charge on any atom is 0.161 e. The van der Waals surface area contributed by atoms with Gasteiger partial charge >= 0.3 is 0 Å². The fraction of sp³-hybridized carbons (Fsp3) is 0.500. The fourth-order valence-corrected chi connectivity index (χ4v) is 1.64. The zero-order chi connectivity index (χ0) is 12.1. The Morgan fingerprint density at radius 1 is 1.25 bits per heavy atom. The highest BCUT2D eigenvalue weighted by molar-refractivity contribution is 5.48. The highest BCUT2D eigenvalue weighted by atomic mass is 19.1. The van der Waals surface area contributed by atoms with Gasteiger partial charge in [-0.1, -0.05) is 6.92 Å². The molecular weight excluding hydrogens is 209 g/mol. The van der Waals surface area contributed by atoms with E-state index in [1.54, 1.807) is 19.2 Å². The van der Waals surface area contributed by atoms with Gasteiger partial charge in [0.15, 0.2) is 11.5 Å². The van der Waals surface area contributed by atoms with Crippen molar-refractivity contribution in [1.82, 2.24) is 0 Å². The molecule has 1 rings (SSSR count). The van der Waals surface area contributed by atoms with Gasteiger partial charge in [0.1, 0.15) is 6.67 Å². The van der Waals surface area contributed by atoms with E-state index in [1.807, 2.05) is 6.92 Å². The molecule has 90 valence electrons. The van der Waals surface area contributed by atoms with Crippen molar-refractivity contribution in [1.29, 1.82) is 0 Å². The molecule has 1 aromatic rings. The minimum Gasteiger partial charge on any atom is -0.493 e. The summed E-state index contributed by atoms with van der Waals surface area (Å²) in [5.41, 5.74) is 7.08. The number of hydrogen-bond donors (Lipinski definition) is 1. The molecule has 0 saturated carbocycles. The van der Waals surface area contributed by atoms with E-state index in [0.29, 0.717) is 23.6 Å². The molecule has 0 fully saturated rings. The zero-order valence-corrected chi connectivity index (χ0v) is 9.92. The predicted octanol–water partition coefficient (Wildman–Crippen LogP) is 2.24. The lowest BCUT2D eigenvalue weighted by molar-refractivity contribution is 0.352. The number of halogens is 1. The average molecular weight is 227 g/mol. The zero-order valence-electron chi connectivity index (χ0n) is 9.92. The number of methoxy groups -OCH3 is 2. The van der Waals surface area contributed by atoms with Crippen LogP contribution in [0.3, 0.4) is 0 Å². The molecular formula is C12H18FNO2. The predicted molar refractivity (Wildman–Crippen MR) is 61.8 cm³/mol. The first-order valence-corrected chi connectivity index (χ1v) is 5.18. The second-order valence-electron chi connectivity index (χ2n) is 3.68. The molecule has 2 N–H and O–H groups in total. The summed E-state index contributed by atoms with van der Waals surface area (Å²) >= 11 is 0. The summed E-state index contributed by atoms with van der Waals surface area (Å²) in [5.74, 6) is 1.25. The molecule has 0 saturated heterocycles. The van der Waals surface area contributed by atoms with Crippen molar-refractivity contribution in [3.8, 4) is 11.5 Å². The van der Waals surface area contributed by atoms with Gasteiger partial charge in [0.05, 0.1) is 14.2 Å². The largest absolute Gasteiger partial charge is 0.493 e. The molecule has 0 aliphatic rings. The van der Waals surface area contributed by atoms with E-state index in [-0.39, 0.29) is 5.92 Å². The molecule has 0 amide bonds. The molecule has 0 spiro atoms. The fourth-order valence-electron chi connectivity index (χ4n) is 1.64. The van der Waals surface area contributed by atoms with Gasteiger partial charge in [0.25, 0.3) is 0 Å². The van der Waals surface area contributed by atoms with Gasteiger partial charge in [-0.3, -0.25) is 0 Å². The van der Waals surface area contributed by atoms with Gasteiger partial charge in [0.2, 0.25) is 0 Å². The lowest BCUT2D eigenvalue weighted by atomic mass is 9.95. The van der Waals surface area contributed by atoms with E-state index >= 15 is 0 Å². The Kier molecular flexibility index (Phi) is 4.55. The first kappa shape index (κ1) is 12.8. The van der Waals surface area contributed by atoms with Gasteiger partial charge in [-0.2, -0.15) is 0 Å². The highest BCUT2D eigenvalue weighted by Crippen LogP contribution is 2.33. The monoisotopic (exact) mass is 227 g/mol. The van der Waals surface area contributed by atoms with Gasteiger partial charge < -0.3 is 15.2 Å². The van der Waals surface area contributed by atoms with Crippen molar-refractivity contribution < 1.29 is 13.9 Å². The lowest BCUT2D eigenvalue weighted by Crippen LogP contribution is -2.11. The van der Waals surface area contributed by atoms with E-state index in [1.165, 1.54) is 7.11 Å². The summed E-state index contributed by atoms with van der Waals surface area (Å²) in [5, 5.41) is 0. The molecule has 1 atom stereocenters. The molecule has 0 aromatic heterocycles. The lowest BCUT2D eigenvalue weighted by Gasteiger charge is -2.17. The normalized spacial score (nSPS) is 12.3. The number of nitrogens with two attached hydrogens (primary N) is 1. The van der Waals surface area contributed by atoms with Crippen LogP contribution in [0.5, 0.6) is 11.5 Å². The van der Waals surface area contributed by atoms with Gasteiger partial charge in [-0.05, 0) is 35.7 Å². The van der Waals surface area contributed by atoms with Crippen LogP contribution in [0.1, 0.15) is 24.0 Å². The Bertz CT molecular complexity index is 355. The van der Waals surface area contributed by atoms with Crippen LogP contribution in [0.2, 0.25) is 0 Å². The van der Waals surface area contributed by atoms with Gasteiger partial charge in [0, 0.05) is 0 Å². The van der Waals surface area contributed by atoms with E-state index < -0.39 is 6.67 Å². The summed E-state index contributed by atoms with van der Waals surface area (Å²) in [6.45, 7) is 1.91. The number of alkyl halides is 1. The number of hydrogen-bond acceptors (Lipinski definition) is 3. The van der Waals surface area contributed by atoms with Crippen molar-refractivity contribution >= 4 is 0 Å². The van der Waals surface area contributed by atoms with Crippen LogP contribution in [0.15, 0.2) is 12.1 Å². The van der Waals surface area contributed by atoms with E-state index in [4.69, 9.17) is 15.2 Å². The quantitative estimate of drug-likeness (QED) is 0.839. The minimum atomic E-state index is -0.528. The number of ether oxygens (including phenoxy) is 2. The molecule has 16 heavy (non-hydrogen) atoms. The molecule has 0 bridgehead atoms. The highest BCUT2D eigenvalue weighted by Gasteiger charge is 2.14. The van der Waals surface area contributed by atoms with Crippen LogP contribution in [-0.4, -0.2) is 20.8 Å². The first-order chi connectivity index (χ1) is 7.67. The molecule has 1 unspecified atom stereocenters. The first-order valence-electron chi connectivity index (χ1n) is 5.18. The van der Waals surface area contributed by atoms with Crippen molar-refractivity contribution in [2.24, 2.45) is 5.73 Å². The summed E-state index contributed by atoms with van der Waals surface area (Å²) < 4.78 is 23.2. The average Bonchev–Trinajstić information content (AvgIpc) is 2.35. The molecule has 1 aromatic carbocycles. The van der Waals surface area contributed by atoms with Crippen LogP contribution in [-0.2, 0) is 6.67 Å². The van der Waals surface area contributed by atoms with E-state index in [9.17, 15) is 4.39 Å². The van der Waals surface area contributed by atoms with Gasteiger partial charge in [-0.25, -0.2) is 4.39 Å². The Morgan fingerprint density at radius 3 is 2.25 bits per heavy atom. The summed E-state index contributed by atoms with van der Waals surface area (Å²) in [4.78, 5) is 0. The molecule has 0 heterocycles. The number of rotatable bonds is 5. The van der Waals surface area contributed by atoms with Crippen LogP contribution in [0.4, 0.5) is 4.39 Å². The van der Waals surface area contributed by atoms with Crippen LogP contribution < -0.4 is 15.2 Å². The molecule has 0 aliphatic heterocycles. The van der Waals surface area contributed by atoms with Crippen LogP contribution >= 0.6 is 0 Å².